The maximum absolute atomic E-state index is 13.1. The Bertz CT molecular complexity index is 1520. The number of amides is 4. The van der Waals surface area contributed by atoms with Gasteiger partial charge in [-0.2, -0.15) is 0 Å². The van der Waals surface area contributed by atoms with Gasteiger partial charge in [0.15, 0.2) is 11.2 Å². The summed E-state index contributed by atoms with van der Waals surface area (Å²) < 4.78 is 0. The van der Waals surface area contributed by atoms with Crippen molar-refractivity contribution in [2.75, 3.05) is 0 Å². The number of nitrogens with one attached hydrogen (secondary N) is 5. The second-order valence-corrected chi connectivity index (χ2v) is 10.2. The highest BCUT2D eigenvalue weighted by atomic mass is 16.2. The molecule has 4 rings (SSSR count). The lowest BCUT2D eigenvalue weighted by molar-refractivity contribution is -0.135. The molecular formula is C29H31N5O6. The number of aromatic amines is 1. The first-order valence-corrected chi connectivity index (χ1v) is 13.0. The van der Waals surface area contributed by atoms with Crippen LogP contribution in [0.15, 0.2) is 65.5 Å². The minimum Gasteiger partial charge on any atom is -0.350 e. The lowest BCUT2D eigenvalue weighted by atomic mass is 9.85. The number of rotatable bonds is 10. The summed E-state index contributed by atoms with van der Waals surface area (Å²) in [5.74, 6) is -5.03. The minimum atomic E-state index is -1.15. The summed E-state index contributed by atoms with van der Waals surface area (Å²) in [7, 11) is 0. The number of Topliss-reactive ketones (excluding diaryl/α,β-unsaturated/α-hetero) is 1. The summed E-state index contributed by atoms with van der Waals surface area (Å²) >= 11 is 0. The molecule has 0 spiro atoms. The van der Waals surface area contributed by atoms with Crippen molar-refractivity contribution >= 4 is 40.3 Å². The van der Waals surface area contributed by atoms with Crippen LogP contribution in [0.25, 0.3) is 10.9 Å². The van der Waals surface area contributed by atoms with E-state index in [1.54, 1.807) is 68.4 Å². The van der Waals surface area contributed by atoms with Gasteiger partial charge in [0.25, 0.3) is 5.91 Å². The molecule has 0 bridgehead atoms. The molecule has 2 aromatic carbocycles. The minimum absolute atomic E-state index is 0.0483. The van der Waals surface area contributed by atoms with Gasteiger partial charge in [-0.3, -0.25) is 39.5 Å². The molecule has 1 unspecified atom stereocenters. The van der Waals surface area contributed by atoms with E-state index in [2.05, 4.69) is 26.5 Å². The van der Waals surface area contributed by atoms with Crippen molar-refractivity contribution < 1.29 is 24.0 Å². The number of imide groups is 1. The zero-order chi connectivity index (χ0) is 29.0. The van der Waals surface area contributed by atoms with Gasteiger partial charge in [0.05, 0.1) is 24.4 Å². The Balaban J connectivity index is 1.48. The van der Waals surface area contributed by atoms with Crippen LogP contribution in [0.4, 0.5) is 0 Å². The van der Waals surface area contributed by atoms with E-state index in [4.69, 9.17) is 0 Å². The Labute approximate surface area is 230 Å². The highest BCUT2D eigenvalue weighted by Gasteiger charge is 2.46. The van der Waals surface area contributed by atoms with Gasteiger partial charge in [-0.25, -0.2) is 5.43 Å². The van der Waals surface area contributed by atoms with Crippen LogP contribution in [0.3, 0.4) is 0 Å². The van der Waals surface area contributed by atoms with Gasteiger partial charge < -0.3 is 10.3 Å². The van der Waals surface area contributed by atoms with E-state index in [1.807, 2.05) is 0 Å². The maximum Gasteiger partial charge on any atom is 0.268 e. The molecule has 4 atom stereocenters. The molecule has 1 aliphatic heterocycles. The predicted octanol–water partition coefficient (Wildman–Crippen LogP) is 1.51. The number of H-pyrrole nitrogens is 1. The third kappa shape index (κ3) is 6.15. The molecule has 2 heterocycles. The molecule has 1 saturated heterocycles. The quantitative estimate of drug-likeness (QED) is 0.146. The number of carbonyl (C=O) groups excluding carboxylic acids is 5. The van der Waals surface area contributed by atoms with E-state index < -0.39 is 53.3 Å². The second-order valence-electron chi connectivity index (χ2n) is 10.2. The fraction of sp³-hybridized carbons (Fsp3) is 0.310. The Kier molecular flexibility index (Phi) is 8.54. The lowest BCUT2D eigenvalue weighted by Crippen LogP contribution is -2.54. The number of para-hydroxylation sites is 1. The Morgan fingerprint density at radius 2 is 1.60 bits per heavy atom. The number of ketones is 1. The van der Waals surface area contributed by atoms with Crippen LogP contribution < -0.4 is 26.9 Å². The van der Waals surface area contributed by atoms with Gasteiger partial charge in [-0.1, -0.05) is 63.2 Å². The monoisotopic (exact) mass is 545 g/mol. The molecule has 0 saturated carbocycles. The van der Waals surface area contributed by atoms with Crippen molar-refractivity contribution in [2.45, 2.75) is 39.3 Å². The summed E-state index contributed by atoms with van der Waals surface area (Å²) in [5.41, 5.74) is 6.14. The average Bonchev–Trinajstić information content (AvgIpc) is 3.18. The number of hydrazine groups is 1. The lowest BCUT2D eigenvalue weighted by Gasteiger charge is -2.25. The van der Waals surface area contributed by atoms with Crippen LogP contribution in [0.5, 0.6) is 0 Å². The number of fused-ring (bicyclic) bond motifs is 1. The first kappa shape index (κ1) is 28.4. The molecule has 11 heteroatoms. The Morgan fingerprint density at radius 1 is 0.925 bits per heavy atom. The number of aromatic nitrogens is 1. The molecule has 5 N–H and O–H groups in total. The maximum atomic E-state index is 13.1. The van der Waals surface area contributed by atoms with Gasteiger partial charge in [-0.05, 0) is 23.6 Å². The number of pyridine rings is 1. The zero-order valence-corrected chi connectivity index (χ0v) is 22.3. The first-order chi connectivity index (χ1) is 19.1. The third-order valence-electron chi connectivity index (χ3n) is 6.97. The molecule has 4 amide bonds. The molecule has 11 nitrogen and oxygen atoms in total. The second kappa shape index (κ2) is 12.0. The highest BCUT2D eigenvalue weighted by Crippen LogP contribution is 2.23. The van der Waals surface area contributed by atoms with E-state index in [0.29, 0.717) is 16.5 Å². The summed E-state index contributed by atoms with van der Waals surface area (Å²) in [6.07, 6.45) is -0.196. The SMILES string of the molecule is CC(C)C(NNC(=O)C[C@H](NC(=O)c1cc(=O)c2ccccc2[nH]1)c1ccccc1)C(=O)[C@@H]1C(=O)NC(=O)[C@@H]1C. The van der Waals surface area contributed by atoms with Crippen molar-refractivity contribution in [3.05, 3.63) is 82.1 Å². The third-order valence-corrected chi connectivity index (χ3v) is 6.97. The number of hydrogen-bond acceptors (Lipinski definition) is 7. The van der Waals surface area contributed by atoms with Gasteiger partial charge >= 0.3 is 0 Å². The van der Waals surface area contributed by atoms with E-state index in [9.17, 15) is 28.8 Å². The topological polar surface area (TPSA) is 166 Å². The predicted molar refractivity (Wildman–Crippen MR) is 147 cm³/mol. The Morgan fingerprint density at radius 3 is 2.25 bits per heavy atom. The molecule has 0 aliphatic carbocycles. The molecule has 0 radical (unpaired) electrons. The average molecular weight is 546 g/mol. The van der Waals surface area contributed by atoms with Crippen molar-refractivity contribution in [1.82, 2.24) is 26.5 Å². The van der Waals surface area contributed by atoms with E-state index in [-0.39, 0.29) is 23.5 Å². The van der Waals surface area contributed by atoms with Crippen molar-refractivity contribution in [3.63, 3.8) is 0 Å². The van der Waals surface area contributed by atoms with Crippen LogP contribution in [0.1, 0.15) is 49.3 Å². The normalized spacial score (nSPS) is 18.3. The van der Waals surface area contributed by atoms with E-state index in [0.717, 1.165) is 0 Å². The zero-order valence-electron chi connectivity index (χ0n) is 22.3. The van der Waals surface area contributed by atoms with Crippen molar-refractivity contribution in [3.8, 4) is 0 Å². The van der Waals surface area contributed by atoms with Crippen molar-refractivity contribution in [1.29, 1.82) is 0 Å². The molecule has 1 aromatic heterocycles. The van der Waals surface area contributed by atoms with Crippen LogP contribution in [-0.4, -0.2) is 40.4 Å². The molecule has 1 aliphatic rings. The van der Waals surface area contributed by atoms with E-state index in [1.165, 1.54) is 13.0 Å². The first-order valence-electron chi connectivity index (χ1n) is 13.0. The Hall–Kier alpha value is -4.64. The van der Waals surface area contributed by atoms with Crippen LogP contribution in [-0.2, 0) is 19.2 Å². The number of hydrogen-bond donors (Lipinski definition) is 5. The smallest absolute Gasteiger partial charge is 0.268 e. The molecule has 208 valence electrons. The summed E-state index contributed by atoms with van der Waals surface area (Å²) in [6, 6.07) is 15.2. The summed E-state index contributed by atoms with van der Waals surface area (Å²) in [4.78, 5) is 78.8. The molecule has 1 fully saturated rings. The fourth-order valence-electron chi connectivity index (χ4n) is 4.71. The van der Waals surface area contributed by atoms with Gasteiger partial charge in [0.1, 0.15) is 11.6 Å². The van der Waals surface area contributed by atoms with Crippen LogP contribution in [0.2, 0.25) is 0 Å². The van der Waals surface area contributed by atoms with Gasteiger partial charge in [-0.15, -0.1) is 0 Å². The fourth-order valence-corrected chi connectivity index (χ4v) is 4.71. The van der Waals surface area contributed by atoms with Crippen LogP contribution >= 0.6 is 0 Å². The number of carbonyl (C=O) groups is 5. The van der Waals surface area contributed by atoms with Crippen molar-refractivity contribution in [2.24, 2.45) is 17.8 Å². The largest absolute Gasteiger partial charge is 0.350 e. The van der Waals surface area contributed by atoms with Gasteiger partial charge in [0.2, 0.25) is 17.7 Å². The van der Waals surface area contributed by atoms with Gasteiger partial charge in [0, 0.05) is 17.0 Å². The summed E-state index contributed by atoms with van der Waals surface area (Å²) in [6.45, 7) is 5.01. The molecular weight excluding hydrogens is 514 g/mol. The van der Waals surface area contributed by atoms with Crippen LogP contribution in [0, 0.1) is 17.8 Å². The highest BCUT2D eigenvalue weighted by molar-refractivity contribution is 6.16. The number of benzene rings is 2. The molecule has 40 heavy (non-hydrogen) atoms. The standard InChI is InChI=1S/C29H31N5O6/c1-15(2)25(26(37)24-16(3)27(38)32-29(24)40)34-33-23(36)14-20(17-9-5-4-6-10-17)31-28(39)21-13-22(35)18-11-7-8-12-19(18)30-21/h4-13,15-16,20,24-25,34H,14H2,1-3H3,(H,30,35)(H,31,39)(H,33,36)(H,32,38,40)/t16-,20+,24-,25?/m1/s1. The van der Waals surface area contributed by atoms with E-state index >= 15 is 0 Å². The summed E-state index contributed by atoms with van der Waals surface area (Å²) in [5, 5.41) is 5.43. The molecule has 3 aromatic rings.